The standard InChI is InChI=1S/C13H9BrF3N/c1-8-3-2-6-18-12(8)10-5-4-9(7-11(10)14)13(15,16)17/h2-7H,1H3. The summed E-state index contributed by atoms with van der Waals surface area (Å²) in [6.45, 7) is 1.87. The van der Waals surface area contributed by atoms with E-state index in [0.717, 1.165) is 17.7 Å². The van der Waals surface area contributed by atoms with Crippen LogP contribution in [0, 0.1) is 6.92 Å². The molecule has 0 atom stereocenters. The Bertz CT molecular complexity index is 579. The van der Waals surface area contributed by atoms with Gasteiger partial charge in [-0.3, -0.25) is 4.98 Å². The Morgan fingerprint density at radius 1 is 1.17 bits per heavy atom. The molecule has 0 saturated carbocycles. The van der Waals surface area contributed by atoms with E-state index in [1.165, 1.54) is 6.07 Å². The van der Waals surface area contributed by atoms with Crippen LogP contribution in [-0.2, 0) is 6.18 Å². The Hall–Kier alpha value is -1.36. The van der Waals surface area contributed by atoms with Crippen molar-refractivity contribution < 1.29 is 13.2 Å². The van der Waals surface area contributed by atoms with Gasteiger partial charge in [0.15, 0.2) is 0 Å². The average Bonchev–Trinajstić information content (AvgIpc) is 2.29. The van der Waals surface area contributed by atoms with E-state index in [4.69, 9.17) is 0 Å². The third kappa shape index (κ3) is 2.56. The summed E-state index contributed by atoms with van der Waals surface area (Å²) < 4.78 is 38.0. The highest BCUT2D eigenvalue weighted by molar-refractivity contribution is 9.10. The number of nitrogens with zero attached hydrogens (tertiary/aromatic N) is 1. The summed E-state index contributed by atoms with van der Waals surface area (Å²) in [6, 6.07) is 7.23. The van der Waals surface area contributed by atoms with Crippen LogP contribution in [-0.4, -0.2) is 4.98 Å². The van der Waals surface area contributed by atoms with Gasteiger partial charge in [-0.15, -0.1) is 0 Å². The Balaban J connectivity index is 2.52. The van der Waals surface area contributed by atoms with Crippen molar-refractivity contribution in [3.8, 4) is 11.3 Å². The first-order valence-corrected chi connectivity index (χ1v) is 5.97. The van der Waals surface area contributed by atoms with Crippen molar-refractivity contribution >= 4 is 15.9 Å². The summed E-state index contributed by atoms with van der Waals surface area (Å²) in [5, 5.41) is 0. The number of hydrogen-bond donors (Lipinski definition) is 0. The zero-order chi connectivity index (χ0) is 13.3. The molecule has 18 heavy (non-hydrogen) atoms. The van der Waals surface area contributed by atoms with Crippen LogP contribution in [0.4, 0.5) is 13.2 Å². The number of aromatic nitrogens is 1. The highest BCUT2D eigenvalue weighted by Gasteiger charge is 2.30. The van der Waals surface area contributed by atoms with Gasteiger partial charge in [0.05, 0.1) is 11.3 Å². The van der Waals surface area contributed by atoms with Crippen LogP contribution in [0.3, 0.4) is 0 Å². The summed E-state index contributed by atoms with van der Waals surface area (Å²) in [5.74, 6) is 0. The molecular formula is C13H9BrF3N. The average molecular weight is 316 g/mol. The van der Waals surface area contributed by atoms with Crippen LogP contribution in [0.2, 0.25) is 0 Å². The lowest BCUT2D eigenvalue weighted by Gasteiger charge is -2.11. The van der Waals surface area contributed by atoms with Gasteiger partial charge in [0.25, 0.3) is 0 Å². The first-order valence-electron chi connectivity index (χ1n) is 5.18. The van der Waals surface area contributed by atoms with Crippen LogP contribution >= 0.6 is 15.9 Å². The number of rotatable bonds is 1. The summed E-state index contributed by atoms with van der Waals surface area (Å²) in [7, 11) is 0. The van der Waals surface area contributed by atoms with Crippen LogP contribution in [0.15, 0.2) is 41.0 Å². The van der Waals surface area contributed by atoms with Gasteiger partial charge < -0.3 is 0 Å². The summed E-state index contributed by atoms with van der Waals surface area (Å²) >= 11 is 3.17. The highest BCUT2D eigenvalue weighted by Crippen LogP contribution is 2.35. The molecule has 0 aliphatic carbocycles. The van der Waals surface area contributed by atoms with Gasteiger partial charge >= 0.3 is 6.18 Å². The molecule has 0 spiro atoms. The molecule has 0 saturated heterocycles. The number of pyridine rings is 1. The lowest BCUT2D eigenvalue weighted by Crippen LogP contribution is -2.04. The normalized spacial score (nSPS) is 11.6. The maximum absolute atomic E-state index is 12.5. The fraction of sp³-hybridized carbons (Fsp3) is 0.154. The monoisotopic (exact) mass is 315 g/mol. The first kappa shape index (κ1) is 13.1. The van der Waals surface area contributed by atoms with E-state index in [1.54, 1.807) is 12.3 Å². The number of halogens is 4. The molecule has 0 N–H and O–H groups in total. The lowest BCUT2D eigenvalue weighted by atomic mass is 10.0. The van der Waals surface area contributed by atoms with Crippen LogP contribution < -0.4 is 0 Å². The van der Waals surface area contributed by atoms with Crippen molar-refractivity contribution in [2.24, 2.45) is 0 Å². The van der Waals surface area contributed by atoms with Crippen molar-refractivity contribution in [3.63, 3.8) is 0 Å². The van der Waals surface area contributed by atoms with E-state index >= 15 is 0 Å². The minimum absolute atomic E-state index is 0.388. The Morgan fingerprint density at radius 3 is 2.44 bits per heavy atom. The molecule has 0 aliphatic heterocycles. The highest BCUT2D eigenvalue weighted by atomic mass is 79.9. The smallest absolute Gasteiger partial charge is 0.256 e. The first-order chi connectivity index (χ1) is 8.39. The zero-order valence-electron chi connectivity index (χ0n) is 9.42. The molecule has 0 unspecified atom stereocenters. The van der Waals surface area contributed by atoms with Crippen molar-refractivity contribution in [2.45, 2.75) is 13.1 Å². The molecule has 94 valence electrons. The second-order valence-electron chi connectivity index (χ2n) is 3.86. The molecule has 1 aromatic heterocycles. The maximum Gasteiger partial charge on any atom is 0.416 e. The second-order valence-corrected chi connectivity index (χ2v) is 4.72. The van der Waals surface area contributed by atoms with Gasteiger partial charge in [-0.25, -0.2) is 0 Å². The molecule has 0 fully saturated rings. The Labute approximate surface area is 111 Å². The Morgan fingerprint density at radius 2 is 1.89 bits per heavy atom. The second kappa shape index (κ2) is 4.72. The van der Waals surface area contributed by atoms with E-state index in [1.807, 2.05) is 13.0 Å². The van der Waals surface area contributed by atoms with Crippen molar-refractivity contribution in [1.29, 1.82) is 0 Å². The van der Waals surface area contributed by atoms with Gasteiger partial charge in [0.1, 0.15) is 0 Å². The molecule has 2 rings (SSSR count). The maximum atomic E-state index is 12.5. The van der Waals surface area contributed by atoms with Crippen molar-refractivity contribution in [3.05, 3.63) is 52.1 Å². The number of aryl methyl sites for hydroxylation is 1. The lowest BCUT2D eigenvalue weighted by molar-refractivity contribution is -0.137. The molecule has 0 bridgehead atoms. The predicted octanol–water partition coefficient (Wildman–Crippen LogP) is 4.84. The van der Waals surface area contributed by atoms with E-state index in [-0.39, 0.29) is 0 Å². The van der Waals surface area contributed by atoms with Gasteiger partial charge in [0, 0.05) is 16.2 Å². The molecule has 1 heterocycles. The van der Waals surface area contributed by atoms with Crippen LogP contribution in [0.5, 0.6) is 0 Å². The Kier molecular flexibility index (Phi) is 3.43. The number of alkyl halides is 3. The third-order valence-corrected chi connectivity index (χ3v) is 3.22. The summed E-state index contributed by atoms with van der Waals surface area (Å²) in [4.78, 5) is 4.19. The molecule has 0 amide bonds. The predicted molar refractivity (Wildman–Crippen MR) is 67.1 cm³/mol. The van der Waals surface area contributed by atoms with Crippen molar-refractivity contribution in [2.75, 3.05) is 0 Å². The van der Waals surface area contributed by atoms with Crippen LogP contribution in [0.25, 0.3) is 11.3 Å². The topological polar surface area (TPSA) is 12.9 Å². The molecule has 1 nitrogen and oxygen atoms in total. The molecule has 0 radical (unpaired) electrons. The molecule has 0 aliphatic rings. The number of hydrogen-bond acceptors (Lipinski definition) is 1. The van der Waals surface area contributed by atoms with E-state index < -0.39 is 11.7 Å². The van der Waals surface area contributed by atoms with Crippen molar-refractivity contribution in [1.82, 2.24) is 4.98 Å². The van der Waals surface area contributed by atoms with Gasteiger partial charge in [0.2, 0.25) is 0 Å². The largest absolute Gasteiger partial charge is 0.416 e. The minimum Gasteiger partial charge on any atom is -0.256 e. The summed E-state index contributed by atoms with van der Waals surface area (Å²) in [6.07, 6.45) is -2.72. The zero-order valence-corrected chi connectivity index (χ0v) is 11.0. The summed E-state index contributed by atoms with van der Waals surface area (Å²) in [5.41, 5.74) is 1.57. The van der Waals surface area contributed by atoms with E-state index in [2.05, 4.69) is 20.9 Å². The third-order valence-electron chi connectivity index (χ3n) is 2.56. The van der Waals surface area contributed by atoms with E-state index in [0.29, 0.717) is 15.7 Å². The van der Waals surface area contributed by atoms with Crippen LogP contribution in [0.1, 0.15) is 11.1 Å². The van der Waals surface area contributed by atoms with Gasteiger partial charge in [-0.05, 0) is 30.7 Å². The van der Waals surface area contributed by atoms with Gasteiger partial charge in [-0.1, -0.05) is 28.1 Å². The molecular weight excluding hydrogens is 307 g/mol. The molecule has 5 heteroatoms. The minimum atomic E-state index is -4.33. The van der Waals surface area contributed by atoms with Gasteiger partial charge in [-0.2, -0.15) is 13.2 Å². The van der Waals surface area contributed by atoms with E-state index in [9.17, 15) is 13.2 Å². The quantitative estimate of drug-likeness (QED) is 0.734. The number of benzene rings is 1. The molecule has 1 aromatic carbocycles. The fourth-order valence-corrected chi connectivity index (χ4v) is 2.22. The SMILES string of the molecule is Cc1cccnc1-c1ccc(C(F)(F)F)cc1Br. The fourth-order valence-electron chi connectivity index (χ4n) is 1.65. The molecule has 2 aromatic rings.